The van der Waals surface area contributed by atoms with E-state index in [1.54, 1.807) is 0 Å². The third-order valence-corrected chi connectivity index (χ3v) is 1.50. The summed E-state index contributed by atoms with van der Waals surface area (Å²) in [4.78, 5) is 16.8. The number of allylic oxidation sites excluding steroid dienone is 3. The molecule has 0 spiro atoms. The van der Waals surface area contributed by atoms with Crippen LogP contribution < -0.4 is 20.4 Å². The Morgan fingerprint density at radius 1 is 1.44 bits per heavy atom. The maximum Gasteiger partial charge on any atom is 4.00 e. The minimum atomic E-state index is -1.54. The third-order valence-electron chi connectivity index (χ3n) is 1.50. The van der Waals surface area contributed by atoms with Gasteiger partial charge < -0.3 is 25.2 Å². The Morgan fingerprint density at radius 3 is 2.33 bits per heavy atom. The van der Waals surface area contributed by atoms with Crippen LogP contribution in [0.1, 0.15) is 13.3 Å². The van der Waals surface area contributed by atoms with Crippen LogP contribution in [0.4, 0.5) is 0 Å². The molecule has 96 valence electrons. The summed E-state index contributed by atoms with van der Waals surface area (Å²) in [5.41, 5.74) is 0.518. The average Bonchev–Trinajstić information content (AvgIpc) is 2.78. The summed E-state index contributed by atoms with van der Waals surface area (Å²) in [6.07, 6.45) is 3.59. The molecule has 1 unspecified atom stereocenters. The molecule has 1 atom stereocenters. The zero-order chi connectivity index (χ0) is 13.3. The van der Waals surface area contributed by atoms with Gasteiger partial charge in [0.15, 0.2) is 0 Å². The second-order valence-electron chi connectivity index (χ2n) is 2.82. The molecule has 1 aliphatic rings. The Morgan fingerprint density at radius 2 is 2.06 bits per heavy atom. The fourth-order valence-electron chi connectivity index (χ4n) is 0.649. The van der Waals surface area contributed by atoms with E-state index in [4.69, 9.17) is 0 Å². The number of aliphatic carboxylic acids is 1. The van der Waals surface area contributed by atoms with Crippen LogP contribution in [0.2, 0.25) is 0 Å². The summed E-state index contributed by atoms with van der Waals surface area (Å²) in [6, 6.07) is 0. The molecule has 0 aromatic heterocycles. The zero-order valence-corrected chi connectivity index (χ0v) is 11.2. The average molecular weight is 317 g/mol. The first-order chi connectivity index (χ1) is 7.97. The summed E-state index contributed by atoms with van der Waals surface area (Å²) < 4.78 is 0. The van der Waals surface area contributed by atoms with E-state index in [1.165, 1.54) is 25.6 Å². The number of rotatable bonds is 3. The Balaban J connectivity index is 0. The quantitative estimate of drug-likeness (QED) is 0.387. The molecule has 0 N–H and O–H groups in total. The van der Waals surface area contributed by atoms with Gasteiger partial charge in [-0.3, -0.25) is 0 Å². The van der Waals surface area contributed by atoms with Crippen LogP contribution in [0, 0.1) is 0 Å². The molecule has 0 aromatic rings. The van der Waals surface area contributed by atoms with Crippen molar-refractivity contribution < 1.29 is 25.2 Å². The predicted octanol–water partition coefficient (Wildman–Crippen LogP) is -3.96. The summed E-state index contributed by atoms with van der Waals surface area (Å²) in [6.45, 7) is 1.51. The van der Waals surface area contributed by atoms with Crippen LogP contribution in [0.3, 0.4) is 0 Å². The minimum absolute atomic E-state index is 0. The van der Waals surface area contributed by atoms with Crippen LogP contribution >= 0.6 is 0 Å². The molecule has 0 saturated heterocycles. The van der Waals surface area contributed by atoms with Gasteiger partial charge in [-0.05, 0) is 6.08 Å². The van der Waals surface area contributed by atoms with Crippen LogP contribution in [0.5, 0.6) is 0 Å². The van der Waals surface area contributed by atoms with Gasteiger partial charge in [-0.15, -0.1) is 0 Å². The minimum Gasteiger partial charge on any atom is -0.884 e. The normalized spacial score (nSPS) is 15.3. The molecule has 0 aromatic carbocycles. The van der Waals surface area contributed by atoms with Gasteiger partial charge in [-0.2, -0.15) is 0 Å². The topological polar surface area (TPSA) is 134 Å². The fraction of sp³-hybridized carbons (Fsp3) is 0.300. The van der Waals surface area contributed by atoms with Gasteiger partial charge in [0.2, 0.25) is 0 Å². The maximum absolute atomic E-state index is 9.93. The van der Waals surface area contributed by atoms with Crippen molar-refractivity contribution in [2.75, 3.05) is 0 Å². The van der Waals surface area contributed by atoms with Crippen LogP contribution in [-0.2, 0) is 4.79 Å². The first-order valence-electron chi connectivity index (χ1n) is 4.65. The van der Waals surface area contributed by atoms with E-state index in [2.05, 4.69) is 9.98 Å². The van der Waals surface area contributed by atoms with Crippen molar-refractivity contribution in [3.8, 4) is 0 Å². The van der Waals surface area contributed by atoms with Crippen molar-refractivity contribution in [3.05, 3.63) is 23.8 Å². The van der Waals surface area contributed by atoms with Crippen molar-refractivity contribution in [3.63, 3.8) is 0 Å². The molecule has 1 rings (SSSR count). The Kier molecular flexibility index (Phi) is 10.9. The smallest absolute Gasteiger partial charge is 0.884 e. The van der Waals surface area contributed by atoms with Gasteiger partial charge >= 0.3 is 17.1 Å². The number of carbonyl (C=O) groups is 1. The maximum atomic E-state index is 9.93. The standard InChI is InChI=1S/C6H6N2O2.C4H7O3.Se/c9-6(10)2-1-5-3-7-4-8-5;1-2-3(5)4(6)7;/h1-4,9-10H;3H,2H2,1H3,(H,6,7);/q;-1;+4/p-3/b5-1-;;. The number of carboxylic acids is 1. The zero-order valence-electron chi connectivity index (χ0n) is 9.44. The molecule has 0 fully saturated rings. The summed E-state index contributed by atoms with van der Waals surface area (Å²) >= 11 is 0. The molecule has 1 heterocycles. The van der Waals surface area contributed by atoms with Gasteiger partial charge in [-0.25, -0.2) is 15.9 Å². The van der Waals surface area contributed by atoms with Crippen LogP contribution in [0.15, 0.2) is 33.8 Å². The van der Waals surface area contributed by atoms with E-state index in [0.717, 1.165) is 6.08 Å². The van der Waals surface area contributed by atoms with E-state index in [0.29, 0.717) is 5.70 Å². The molecule has 2 radical (unpaired) electrons. The Hall–Kier alpha value is -1.63. The number of carboxylic acid groups (broad SMARTS) is 1. The van der Waals surface area contributed by atoms with Crippen molar-refractivity contribution in [2.24, 2.45) is 9.98 Å². The van der Waals surface area contributed by atoms with Gasteiger partial charge in [0, 0.05) is 5.97 Å². The first-order valence-corrected chi connectivity index (χ1v) is 4.65. The predicted molar refractivity (Wildman–Crippen MR) is 58.0 cm³/mol. The summed E-state index contributed by atoms with van der Waals surface area (Å²) in [7, 11) is 0. The van der Waals surface area contributed by atoms with Gasteiger partial charge in [0.05, 0.1) is 11.9 Å². The summed E-state index contributed by atoms with van der Waals surface area (Å²) in [5.74, 6) is -2.74. The second kappa shape index (κ2) is 10.5. The molecule has 8 heteroatoms. The Bertz CT molecular complexity index is 358. The van der Waals surface area contributed by atoms with Crippen molar-refractivity contribution in [2.45, 2.75) is 19.4 Å². The van der Waals surface area contributed by atoms with Crippen molar-refractivity contribution >= 4 is 35.6 Å². The first kappa shape index (κ1) is 18.7. The van der Waals surface area contributed by atoms with E-state index >= 15 is 0 Å². The van der Waals surface area contributed by atoms with Crippen molar-refractivity contribution in [1.29, 1.82) is 0 Å². The van der Waals surface area contributed by atoms with Crippen LogP contribution in [-0.4, -0.2) is 41.7 Å². The van der Waals surface area contributed by atoms with E-state index in [9.17, 15) is 25.2 Å². The number of carbonyl (C=O) groups excluding carboxylic acids is 1. The van der Waals surface area contributed by atoms with E-state index in [1.807, 2.05) is 0 Å². The summed E-state index contributed by atoms with van der Waals surface area (Å²) in [5, 5.41) is 39.1. The monoisotopic (exact) mass is 318 g/mol. The van der Waals surface area contributed by atoms with Gasteiger partial charge in [-0.1, -0.05) is 25.5 Å². The molecule has 0 bridgehead atoms. The molecule has 0 amide bonds. The fourth-order valence-corrected chi connectivity index (χ4v) is 0.649. The molecule has 18 heavy (non-hydrogen) atoms. The molecule has 7 nitrogen and oxygen atoms in total. The van der Waals surface area contributed by atoms with Gasteiger partial charge in [0.25, 0.3) is 0 Å². The molecular formula is C10H10N2O5Se. The largest absolute Gasteiger partial charge is 4.00 e. The Labute approximate surface area is 114 Å². The van der Waals surface area contributed by atoms with Crippen molar-refractivity contribution in [1.82, 2.24) is 0 Å². The molecule has 1 aliphatic heterocycles. The van der Waals surface area contributed by atoms with E-state index < -0.39 is 18.0 Å². The third kappa shape index (κ3) is 9.59. The number of nitrogens with zero attached hydrogens (tertiary/aromatic N) is 2. The molecule has 0 aliphatic carbocycles. The number of hydrogen-bond donors (Lipinski definition) is 0. The SMILES string of the molecule is CCC([O-])C(=O)[O-].[O-]C([O-])=C/C=C1/C=NC=N1.[Se+4]. The van der Waals surface area contributed by atoms with E-state index in [-0.39, 0.29) is 23.5 Å². The number of aliphatic imine (C=N–C) groups is 2. The molecular weight excluding hydrogens is 307 g/mol. The second-order valence-corrected chi connectivity index (χ2v) is 2.82. The number of hydrogen-bond acceptors (Lipinski definition) is 7. The van der Waals surface area contributed by atoms with Crippen LogP contribution in [0.25, 0.3) is 0 Å². The van der Waals surface area contributed by atoms with Gasteiger partial charge in [0.1, 0.15) is 6.34 Å². The molecule has 0 saturated carbocycles.